The molecule has 0 saturated heterocycles. The van der Waals surface area contributed by atoms with Crippen LogP contribution in [0.4, 0.5) is 5.00 Å². The van der Waals surface area contributed by atoms with E-state index in [0.717, 1.165) is 16.4 Å². The van der Waals surface area contributed by atoms with Crippen molar-refractivity contribution < 1.29 is 0 Å². The smallest absolute Gasteiger partial charge is 0.128 e. The van der Waals surface area contributed by atoms with Crippen LogP contribution in [-0.2, 0) is 0 Å². The fourth-order valence-electron chi connectivity index (χ4n) is 1.50. The maximum atomic E-state index is 9.03. The van der Waals surface area contributed by atoms with Crippen molar-refractivity contribution in [2.24, 2.45) is 0 Å². The molecular weight excluding hydrogens is 232 g/mol. The van der Waals surface area contributed by atoms with E-state index in [4.69, 9.17) is 5.26 Å². The molecule has 86 valence electrons. The van der Waals surface area contributed by atoms with Crippen molar-refractivity contribution in [1.82, 2.24) is 9.36 Å². The highest BCUT2D eigenvalue weighted by atomic mass is 32.1. The molecular formula is C12H12N4S. The lowest BCUT2D eigenvalue weighted by Gasteiger charge is -2.12. The summed E-state index contributed by atoms with van der Waals surface area (Å²) >= 11 is 1.31. The predicted molar refractivity (Wildman–Crippen MR) is 67.8 cm³/mol. The van der Waals surface area contributed by atoms with Gasteiger partial charge in [-0.2, -0.15) is 9.64 Å². The zero-order valence-electron chi connectivity index (χ0n) is 9.64. The molecule has 1 N–H and O–H groups in total. The molecule has 2 aromatic heterocycles. The van der Waals surface area contributed by atoms with Gasteiger partial charge in [-0.3, -0.25) is 4.98 Å². The highest BCUT2D eigenvalue weighted by molar-refractivity contribution is 7.10. The molecule has 0 saturated carbocycles. The van der Waals surface area contributed by atoms with Crippen LogP contribution in [0.1, 0.15) is 29.9 Å². The normalized spacial score (nSPS) is 11.8. The quantitative estimate of drug-likeness (QED) is 0.901. The minimum absolute atomic E-state index is 0.0585. The monoisotopic (exact) mass is 244 g/mol. The third kappa shape index (κ3) is 2.43. The summed E-state index contributed by atoms with van der Waals surface area (Å²) in [5, 5.41) is 13.1. The van der Waals surface area contributed by atoms with Gasteiger partial charge in [-0.1, -0.05) is 6.07 Å². The average Bonchev–Trinajstić information content (AvgIpc) is 2.71. The fraction of sp³-hybridized carbons (Fsp3) is 0.250. The van der Waals surface area contributed by atoms with Crippen molar-refractivity contribution in [2.75, 3.05) is 5.32 Å². The Labute approximate surface area is 104 Å². The van der Waals surface area contributed by atoms with Gasteiger partial charge in [-0.25, -0.2) is 0 Å². The van der Waals surface area contributed by atoms with Gasteiger partial charge in [0.1, 0.15) is 16.6 Å². The number of hydrogen-bond acceptors (Lipinski definition) is 5. The summed E-state index contributed by atoms with van der Waals surface area (Å²) in [6, 6.07) is 8.01. The zero-order valence-corrected chi connectivity index (χ0v) is 10.5. The molecule has 0 aliphatic carbocycles. The largest absolute Gasteiger partial charge is 0.366 e. The van der Waals surface area contributed by atoms with Crippen molar-refractivity contribution in [1.29, 1.82) is 5.26 Å². The van der Waals surface area contributed by atoms with Gasteiger partial charge in [0.2, 0.25) is 0 Å². The van der Waals surface area contributed by atoms with Crippen LogP contribution in [0.5, 0.6) is 0 Å². The second-order valence-corrected chi connectivity index (χ2v) is 4.48. The Morgan fingerprint density at radius 2 is 2.29 bits per heavy atom. The number of nitriles is 1. The highest BCUT2D eigenvalue weighted by Crippen LogP contribution is 2.27. The standard InChI is InChI=1S/C12H12N4S/c1-8-10(7-13)12(17-16-8)15-9(2)11-5-3-4-6-14-11/h3-6,9,15H,1-2H3. The van der Waals surface area contributed by atoms with Crippen LogP contribution in [-0.4, -0.2) is 9.36 Å². The molecule has 0 amide bonds. The van der Waals surface area contributed by atoms with Gasteiger partial charge in [0.25, 0.3) is 0 Å². The summed E-state index contributed by atoms with van der Waals surface area (Å²) in [6.07, 6.45) is 1.76. The number of aryl methyl sites for hydroxylation is 1. The Bertz CT molecular complexity index is 541. The van der Waals surface area contributed by atoms with Gasteiger partial charge in [0.05, 0.1) is 17.4 Å². The maximum absolute atomic E-state index is 9.03. The van der Waals surface area contributed by atoms with E-state index in [9.17, 15) is 0 Å². The number of rotatable bonds is 3. The maximum Gasteiger partial charge on any atom is 0.128 e. The van der Waals surface area contributed by atoms with E-state index in [1.807, 2.05) is 32.0 Å². The number of anilines is 1. The second-order valence-electron chi connectivity index (χ2n) is 3.70. The van der Waals surface area contributed by atoms with Crippen molar-refractivity contribution in [3.63, 3.8) is 0 Å². The molecule has 0 aromatic carbocycles. The van der Waals surface area contributed by atoms with Crippen molar-refractivity contribution in [3.05, 3.63) is 41.3 Å². The topological polar surface area (TPSA) is 61.6 Å². The van der Waals surface area contributed by atoms with Crippen LogP contribution < -0.4 is 5.32 Å². The first kappa shape index (κ1) is 11.6. The van der Waals surface area contributed by atoms with Gasteiger partial charge in [-0.05, 0) is 37.5 Å². The third-order valence-corrected chi connectivity index (χ3v) is 3.32. The first-order chi connectivity index (χ1) is 8.22. The van der Waals surface area contributed by atoms with Gasteiger partial charge >= 0.3 is 0 Å². The van der Waals surface area contributed by atoms with Crippen LogP contribution in [0.25, 0.3) is 0 Å². The van der Waals surface area contributed by atoms with Gasteiger partial charge < -0.3 is 5.32 Å². The van der Waals surface area contributed by atoms with E-state index in [0.29, 0.717) is 5.56 Å². The molecule has 1 atom stereocenters. The molecule has 2 heterocycles. The predicted octanol–water partition coefficient (Wildman–Crippen LogP) is 2.89. The molecule has 2 aromatic rings. The summed E-state index contributed by atoms with van der Waals surface area (Å²) in [7, 11) is 0. The minimum atomic E-state index is 0.0585. The van der Waals surface area contributed by atoms with Gasteiger partial charge in [-0.15, -0.1) is 0 Å². The molecule has 0 radical (unpaired) electrons. The van der Waals surface area contributed by atoms with Crippen molar-refractivity contribution in [3.8, 4) is 6.07 Å². The molecule has 0 aliphatic heterocycles. The van der Waals surface area contributed by atoms with Gasteiger partial charge in [0.15, 0.2) is 0 Å². The first-order valence-corrected chi connectivity index (χ1v) is 6.03. The van der Waals surface area contributed by atoms with E-state index in [1.54, 1.807) is 6.20 Å². The molecule has 5 heteroatoms. The summed E-state index contributed by atoms with van der Waals surface area (Å²) in [5.74, 6) is 0. The van der Waals surface area contributed by atoms with Crippen LogP contribution in [0.15, 0.2) is 24.4 Å². The first-order valence-electron chi connectivity index (χ1n) is 5.26. The van der Waals surface area contributed by atoms with E-state index >= 15 is 0 Å². The zero-order chi connectivity index (χ0) is 12.3. The van der Waals surface area contributed by atoms with Crippen LogP contribution in [0, 0.1) is 18.3 Å². The Morgan fingerprint density at radius 3 is 2.94 bits per heavy atom. The third-order valence-electron chi connectivity index (χ3n) is 2.45. The van der Waals surface area contributed by atoms with E-state index in [1.165, 1.54) is 11.5 Å². The minimum Gasteiger partial charge on any atom is -0.366 e. The highest BCUT2D eigenvalue weighted by Gasteiger charge is 2.13. The Morgan fingerprint density at radius 1 is 1.47 bits per heavy atom. The molecule has 17 heavy (non-hydrogen) atoms. The van der Waals surface area contributed by atoms with E-state index in [2.05, 4.69) is 20.7 Å². The molecule has 0 fully saturated rings. The molecule has 2 rings (SSSR count). The molecule has 0 aliphatic rings. The lowest BCUT2D eigenvalue weighted by molar-refractivity contribution is 0.842. The van der Waals surface area contributed by atoms with Crippen LogP contribution in [0.2, 0.25) is 0 Å². The molecule has 1 unspecified atom stereocenters. The summed E-state index contributed by atoms with van der Waals surface area (Å²) in [4.78, 5) is 4.28. The second kappa shape index (κ2) is 4.93. The Hall–Kier alpha value is -1.93. The van der Waals surface area contributed by atoms with Crippen molar-refractivity contribution >= 4 is 16.5 Å². The number of aromatic nitrogens is 2. The average molecular weight is 244 g/mol. The molecule has 0 spiro atoms. The van der Waals surface area contributed by atoms with E-state index < -0.39 is 0 Å². The molecule has 0 bridgehead atoms. The number of hydrogen-bond donors (Lipinski definition) is 1. The van der Waals surface area contributed by atoms with Crippen molar-refractivity contribution in [2.45, 2.75) is 19.9 Å². The molecule has 4 nitrogen and oxygen atoms in total. The lowest BCUT2D eigenvalue weighted by atomic mass is 10.2. The SMILES string of the molecule is Cc1nsc(NC(C)c2ccccn2)c1C#N. The van der Waals surface area contributed by atoms with Crippen LogP contribution in [0.3, 0.4) is 0 Å². The van der Waals surface area contributed by atoms with Gasteiger partial charge in [0, 0.05) is 6.20 Å². The summed E-state index contributed by atoms with van der Waals surface area (Å²) in [5.41, 5.74) is 2.34. The fourth-order valence-corrected chi connectivity index (χ4v) is 2.34. The van der Waals surface area contributed by atoms with E-state index in [-0.39, 0.29) is 6.04 Å². The Kier molecular flexibility index (Phi) is 3.35. The van der Waals surface area contributed by atoms with Crippen LogP contribution >= 0.6 is 11.5 Å². The Balaban J connectivity index is 2.19. The number of nitrogens with one attached hydrogen (secondary N) is 1. The number of pyridine rings is 1. The lowest BCUT2D eigenvalue weighted by Crippen LogP contribution is -2.07. The summed E-state index contributed by atoms with van der Waals surface area (Å²) in [6.45, 7) is 3.85. The summed E-state index contributed by atoms with van der Waals surface area (Å²) < 4.78 is 4.17. The number of nitrogens with zero attached hydrogens (tertiary/aromatic N) is 3.